The van der Waals surface area contributed by atoms with E-state index < -0.39 is 40.5 Å². The van der Waals surface area contributed by atoms with Crippen LogP contribution in [0.2, 0.25) is 0 Å². The first-order valence-electron chi connectivity index (χ1n) is 12.7. The topological polar surface area (TPSA) is 239 Å². The van der Waals surface area contributed by atoms with Gasteiger partial charge in [-0.25, -0.2) is 13.1 Å². The molecule has 15 heteroatoms. The van der Waals surface area contributed by atoms with E-state index >= 15 is 0 Å². The van der Waals surface area contributed by atoms with Crippen LogP contribution in [0.4, 0.5) is 0 Å². The number of guanidine groups is 2. The molecule has 0 spiro atoms. The van der Waals surface area contributed by atoms with Crippen molar-refractivity contribution >= 4 is 40.0 Å². The summed E-state index contributed by atoms with van der Waals surface area (Å²) in [5, 5.41) is 12.6. The van der Waals surface area contributed by atoms with Crippen LogP contribution in [0.3, 0.4) is 0 Å². The van der Waals surface area contributed by atoms with Gasteiger partial charge in [0.2, 0.25) is 21.8 Å². The number of nitrogens with zero attached hydrogens (tertiary/aromatic N) is 2. The lowest BCUT2D eigenvalue weighted by molar-refractivity contribution is -0.128. The van der Waals surface area contributed by atoms with Crippen LogP contribution in [-0.4, -0.2) is 81.6 Å². The van der Waals surface area contributed by atoms with Crippen molar-refractivity contribution in [3.8, 4) is 0 Å². The molecule has 1 heterocycles. The van der Waals surface area contributed by atoms with Crippen molar-refractivity contribution in [1.29, 1.82) is 5.41 Å². The quantitative estimate of drug-likeness (QED) is 0.0555. The fraction of sp³-hybridized carbons (Fsp3) is 0.542. The maximum Gasteiger partial charge on any atom is 0.239 e. The van der Waals surface area contributed by atoms with Gasteiger partial charge >= 0.3 is 0 Å². The molecule has 0 radical (unpaired) electrons. The predicted molar refractivity (Wildman–Crippen MR) is 148 cm³/mol. The zero-order valence-electron chi connectivity index (χ0n) is 21.8. The summed E-state index contributed by atoms with van der Waals surface area (Å²) in [6, 6.07) is 6.69. The van der Waals surface area contributed by atoms with Gasteiger partial charge in [-0.05, 0) is 43.6 Å². The van der Waals surface area contributed by atoms with Crippen molar-refractivity contribution in [2.75, 3.05) is 26.2 Å². The number of benzene rings is 1. The molecule has 1 aromatic carbocycles. The average molecular weight is 566 g/mol. The lowest BCUT2D eigenvalue weighted by Gasteiger charge is -2.33. The molecule has 1 fully saturated rings. The number of piperidine rings is 1. The second-order valence-corrected chi connectivity index (χ2v) is 11.2. The Kier molecular flexibility index (Phi) is 12.6. The van der Waals surface area contributed by atoms with E-state index in [4.69, 9.17) is 22.6 Å². The second-order valence-electron chi connectivity index (χ2n) is 9.44. The van der Waals surface area contributed by atoms with Crippen LogP contribution in [-0.2, 0) is 30.2 Å². The van der Waals surface area contributed by atoms with E-state index in [9.17, 15) is 22.8 Å². The molecule has 0 aromatic heterocycles. The summed E-state index contributed by atoms with van der Waals surface area (Å²) in [5.74, 6) is -1.63. The highest BCUT2D eigenvalue weighted by Crippen LogP contribution is 2.22. The molecule has 216 valence electrons. The lowest BCUT2D eigenvalue weighted by Crippen LogP contribution is -2.51. The van der Waals surface area contributed by atoms with Crippen LogP contribution < -0.4 is 32.6 Å². The maximum absolute atomic E-state index is 13.1. The molecule has 2 atom stereocenters. The van der Waals surface area contributed by atoms with Crippen LogP contribution in [0.25, 0.3) is 0 Å². The molecule has 2 rings (SSSR count). The fourth-order valence-electron chi connectivity index (χ4n) is 4.25. The Morgan fingerprint density at radius 1 is 1.15 bits per heavy atom. The van der Waals surface area contributed by atoms with Gasteiger partial charge in [0.25, 0.3) is 0 Å². The second kappa shape index (κ2) is 15.6. The molecule has 39 heavy (non-hydrogen) atoms. The van der Waals surface area contributed by atoms with Crippen LogP contribution in [0, 0.1) is 11.3 Å². The monoisotopic (exact) mass is 565 g/mol. The number of amides is 2. The van der Waals surface area contributed by atoms with Crippen LogP contribution >= 0.6 is 0 Å². The first-order chi connectivity index (χ1) is 18.5. The Morgan fingerprint density at radius 3 is 2.41 bits per heavy atom. The minimum atomic E-state index is -3.89. The van der Waals surface area contributed by atoms with Crippen molar-refractivity contribution in [2.24, 2.45) is 28.1 Å². The van der Waals surface area contributed by atoms with Gasteiger partial charge < -0.3 is 37.5 Å². The highest BCUT2D eigenvalue weighted by molar-refractivity contribution is 7.88. The molecule has 14 nitrogen and oxygen atoms in total. The minimum Gasteiger partial charge on any atom is -0.370 e. The number of sulfonamides is 1. The zero-order chi connectivity index (χ0) is 28.8. The minimum absolute atomic E-state index is 0.00858. The Hall–Kier alpha value is -3.72. The van der Waals surface area contributed by atoms with Gasteiger partial charge in [0.15, 0.2) is 11.9 Å². The number of aldehydes is 1. The third kappa shape index (κ3) is 12.1. The number of nitrogens with one attached hydrogen (secondary N) is 4. The van der Waals surface area contributed by atoms with E-state index in [1.165, 1.54) is 0 Å². The Morgan fingerprint density at radius 2 is 1.82 bits per heavy atom. The first-order valence-corrected chi connectivity index (χ1v) is 14.3. The molecule has 2 amide bonds. The van der Waals surface area contributed by atoms with Gasteiger partial charge in [0, 0.05) is 19.6 Å². The summed E-state index contributed by atoms with van der Waals surface area (Å²) in [7, 11) is -3.89. The summed E-state index contributed by atoms with van der Waals surface area (Å²) in [6.07, 6.45) is 2.83. The van der Waals surface area contributed by atoms with E-state index in [0.717, 1.165) is 0 Å². The van der Waals surface area contributed by atoms with Crippen molar-refractivity contribution in [3.63, 3.8) is 0 Å². The fourth-order valence-corrected chi connectivity index (χ4v) is 5.60. The third-order valence-electron chi connectivity index (χ3n) is 6.26. The number of carbonyl (C=O) groups is 3. The molecular weight excluding hydrogens is 526 g/mol. The zero-order valence-corrected chi connectivity index (χ0v) is 22.7. The van der Waals surface area contributed by atoms with Crippen molar-refractivity contribution in [3.05, 3.63) is 35.9 Å². The highest BCUT2D eigenvalue weighted by Gasteiger charge is 2.30. The van der Waals surface area contributed by atoms with Gasteiger partial charge in [0.1, 0.15) is 12.3 Å². The van der Waals surface area contributed by atoms with E-state index in [1.54, 1.807) is 35.2 Å². The Balaban J connectivity index is 1.99. The van der Waals surface area contributed by atoms with Crippen LogP contribution in [0.1, 0.15) is 37.7 Å². The molecule has 0 saturated carbocycles. The van der Waals surface area contributed by atoms with Gasteiger partial charge in [-0.1, -0.05) is 30.3 Å². The molecule has 1 saturated heterocycles. The van der Waals surface area contributed by atoms with Crippen molar-refractivity contribution in [2.45, 2.75) is 49.9 Å². The largest absolute Gasteiger partial charge is 0.370 e. The number of nitrogens with two attached hydrogens (primary N) is 3. The molecule has 0 bridgehead atoms. The van der Waals surface area contributed by atoms with Crippen molar-refractivity contribution < 1.29 is 22.8 Å². The van der Waals surface area contributed by atoms with Gasteiger partial charge in [-0.3, -0.25) is 20.0 Å². The lowest BCUT2D eigenvalue weighted by atomic mass is 9.90. The smallest absolute Gasteiger partial charge is 0.239 e. The molecule has 0 aliphatic carbocycles. The van der Waals surface area contributed by atoms with E-state index in [0.29, 0.717) is 57.2 Å². The van der Waals surface area contributed by atoms with Gasteiger partial charge in [-0.15, -0.1) is 0 Å². The number of hydrogen-bond donors (Lipinski definition) is 7. The molecule has 1 aliphatic heterocycles. The summed E-state index contributed by atoms with van der Waals surface area (Å²) in [6.45, 7) is 0.930. The van der Waals surface area contributed by atoms with E-state index in [-0.39, 0.29) is 30.0 Å². The number of hydrogen-bond acceptors (Lipinski definition) is 7. The summed E-state index contributed by atoms with van der Waals surface area (Å²) in [5.41, 5.74) is 16.6. The Labute approximate surface area is 228 Å². The number of likely N-dealkylation sites (tertiary alicyclic amines) is 1. The highest BCUT2D eigenvalue weighted by atomic mass is 32.2. The predicted octanol–water partition coefficient (Wildman–Crippen LogP) is -1.68. The molecule has 1 aliphatic rings. The van der Waals surface area contributed by atoms with Crippen molar-refractivity contribution in [1.82, 2.24) is 20.3 Å². The number of carbonyl (C=O) groups excluding carboxylic acids is 3. The summed E-state index contributed by atoms with van der Waals surface area (Å²) >= 11 is 0. The van der Waals surface area contributed by atoms with E-state index in [1.807, 2.05) is 0 Å². The molecule has 0 unspecified atom stereocenters. The molecule has 1 aromatic rings. The van der Waals surface area contributed by atoms with Crippen LogP contribution in [0.15, 0.2) is 35.3 Å². The van der Waals surface area contributed by atoms with Gasteiger partial charge in [0.05, 0.1) is 18.3 Å². The number of aliphatic imine (C=N–C) groups is 1. The SMILES string of the molecule is N=C(N)N1CCC(C[C@@H](NS(=O)(=O)Cc2ccccc2)C(=O)NCC(=O)N[C@H](C=O)CCCN=C(N)N)CC1. The standard InChI is InChI=1S/C24H39N9O5S/c25-23(26)29-10-4-7-19(15-34)31-21(35)14-30-22(36)20(13-17-8-11-33(12-9-17)24(27)28)32-39(37,38)16-18-5-2-1-3-6-18/h1-3,5-6,15,17,19-20,32H,4,7-14,16H2,(H3,27,28)(H,30,36)(H,31,35)(H4,25,26,29)/t19-,20+/m0/s1. The summed E-state index contributed by atoms with van der Waals surface area (Å²) < 4.78 is 28.3. The molecule has 10 N–H and O–H groups in total. The third-order valence-corrected chi connectivity index (χ3v) is 7.62. The first kappa shape index (κ1) is 31.5. The summed E-state index contributed by atoms with van der Waals surface area (Å²) in [4.78, 5) is 42.3. The van der Waals surface area contributed by atoms with E-state index in [2.05, 4.69) is 20.3 Å². The normalized spacial score (nSPS) is 15.5. The van der Waals surface area contributed by atoms with Crippen LogP contribution in [0.5, 0.6) is 0 Å². The Bertz CT molecular complexity index is 1100. The maximum atomic E-state index is 13.1. The molecular formula is C24H39N9O5S. The average Bonchev–Trinajstić information content (AvgIpc) is 2.89. The van der Waals surface area contributed by atoms with Gasteiger partial charge in [-0.2, -0.15) is 0 Å². The number of rotatable bonds is 15.